The number of nitrogens with one attached hydrogen (secondary N) is 2. The lowest BCUT2D eigenvalue weighted by Crippen LogP contribution is -2.45. The van der Waals surface area contributed by atoms with Crippen molar-refractivity contribution < 1.29 is 18.6 Å². The predicted molar refractivity (Wildman–Crippen MR) is 164 cm³/mol. The minimum atomic E-state index is -3.82. The van der Waals surface area contributed by atoms with E-state index in [0.717, 1.165) is 22.5 Å². The van der Waals surface area contributed by atoms with E-state index in [4.69, 9.17) is 15.0 Å². The largest absolute Gasteiger partial charge is 0.390 e. The van der Waals surface area contributed by atoms with Gasteiger partial charge in [-0.3, -0.25) is 4.98 Å². The Morgan fingerprint density at radius 2 is 1.74 bits per heavy atom. The van der Waals surface area contributed by atoms with Gasteiger partial charge in [-0.05, 0) is 71.1 Å². The van der Waals surface area contributed by atoms with Gasteiger partial charge < -0.3 is 20.8 Å². The van der Waals surface area contributed by atoms with Gasteiger partial charge in [0.25, 0.3) is 0 Å². The number of thiazole rings is 1. The zero-order valence-corrected chi connectivity index (χ0v) is 25.7. The molecule has 1 aromatic carbocycles. The molecule has 2 fully saturated rings. The summed E-state index contributed by atoms with van der Waals surface area (Å²) in [5.41, 5.74) is 3.05. The third-order valence-electron chi connectivity index (χ3n) is 8.68. The molecule has 0 saturated heterocycles. The second-order valence-corrected chi connectivity index (χ2v) is 15.5. The summed E-state index contributed by atoms with van der Waals surface area (Å²) in [5.74, 6) is 0.837. The van der Waals surface area contributed by atoms with Crippen molar-refractivity contribution in [3.63, 3.8) is 0 Å². The molecule has 222 valence electrons. The smallest absolute Gasteiger partial charge is 0.224 e. The molecule has 4 N–H and O–H groups in total. The monoisotopic (exact) mass is 608 g/mol. The fourth-order valence-electron chi connectivity index (χ4n) is 5.81. The van der Waals surface area contributed by atoms with Crippen molar-refractivity contribution in [2.24, 2.45) is 11.8 Å². The first-order valence-corrected chi connectivity index (χ1v) is 16.5. The van der Waals surface area contributed by atoms with Gasteiger partial charge in [-0.25, -0.2) is 18.4 Å². The second kappa shape index (κ2) is 10.8. The van der Waals surface area contributed by atoms with E-state index in [1.807, 2.05) is 19.9 Å². The number of nitrogens with zero attached hydrogens (tertiary/aromatic N) is 4. The Kier molecular flexibility index (Phi) is 7.45. The fourth-order valence-corrected chi connectivity index (χ4v) is 8.67. The number of aliphatic hydroxyl groups excluding tert-OH is 2. The van der Waals surface area contributed by atoms with Crippen LogP contribution in [0.2, 0.25) is 0 Å². The average molecular weight is 609 g/mol. The Morgan fingerprint density at radius 1 is 1.00 bits per heavy atom. The number of fused-ring (bicyclic) bond motifs is 1. The number of aryl methyl sites for hydroxylation is 2. The fraction of sp³-hybridized carbons (Fsp3) is 0.467. The lowest BCUT2D eigenvalue weighted by molar-refractivity contribution is 0.0105. The molecule has 0 bridgehead atoms. The molecule has 0 aliphatic heterocycles. The maximum Gasteiger partial charge on any atom is 0.224 e. The Labute approximate surface area is 249 Å². The van der Waals surface area contributed by atoms with Gasteiger partial charge in [-0.2, -0.15) is 4.98 Å². The van der Waals surface area contributed by atoms with Crippen molar-refractivity contribution in [2.45, 2.75) is 74.8 Å². The van der Waals surface area contributed by atoms with E-state index in [1.54, 1.807) is 50.4 Å². The van der Waals surface area contributed by atoms with Gasteiger partial charge in [-0.15, -0.1) is 11.3 Å². The molecule has 3 aromatic heterocycles. The van der Waals surface area contributed by atoms with Crippen LogP contribution in [0.3, 0.4) is 0 Å². The highest BCUT2D eigenvalue weighted by Crippen LogP contribution is 2.44. The number of hydrogen-bond acceptors (Lipinski definition) is 11. The van der Waals surface area contributed by atoms with Crippen LogP contribution in [0.15, 0.2) is 47.5 Å². The molecule has 4 aromatic rings. The van der Waals surface area contributed by atoms with Crippen molar-refractivity contribution in [1.82, 2.24) is 19.9 Å². The van der Waals surface area contributed by atoms with Crippen LogP contribution >= 0.6 is 11.3 Å². The number of hydrogen-bond donors (Lipinski definition) is 4. The minimum absolute atomic E-state index is 0.189. The maximum absolute atomic E-state index is 13.7. The Balaban J connectivity index is 1.35. The van der Waals surface area contributed by atoms with Crippen LogP contribution in [0.5, 0.6) is 0 Å². The summed E-state index contributed by atoms with van der Waals surface area (Å²) < 4.78 is 27.0. The number of aromatic nitrogens is 4. The molecule has 6 rings (SSSR count). The number of rotatable bonds is 9. The number of aliphatic hydroxyl groups is 2. The van der Waals surface area contributed by atoms with Crippen molar-refractivity contribution in [3.05, 3.63) is 54.0 Å². The van der Waals surface area contributed by atoms with Crippen LogP contribution in [-0.4, -0.2) is 68.1 Å². The highest BCUT2D eigenvalue weighted by Gasteiger charge is 2.54. The molecule has 0 unspecified atom stereocenters. The molecule has 12 heteroatoms. The molecular weight excluding hydrogens is 573 g/mol. The first kappa shape index (κ1) is 28.9. The standard InChI is InChI=1S/C30H36N6O4S2/c1-16-23(28-35-24-17(2)31-13-12-22(24)41-28)27(36-29(33-16)32-15-18-10-11-18)34-21-14-20(25(37)26(21)38)30(3,4)42(39,40)19-8-6-5-7-9-19/h5-9,12-13,18,20-21,25-26,37-38H,10-11,14-15H2,1-4H3,(H2,32,33,34,36)/t20-,21+,25+,26-/m0/s1. The third-order valence-corrected chi connectivity index (χ3v) is 12.3. The van der Waals surface area contributed by atoms with Gasteiger partial charge in [-0.1, -0.05) is 18.2 Å². The van der Waals surface area contributed by atoms with Crippen molar-refractivity contribution >= 4 is 43.2 Å². The molecule has 3 heterocycles. The van der Waals surface area contributed by atoms with Crippen LogP contribution in [0, 0.1) is 25.7 Å². The van der Waals surface area contributed by atoms with E-state index < -0.39 is 38.8 Å². The second-order valence-electron chi connectivity index (χ2n) is 11.9. The van der Waals surface area contributed by atoms with Crippen LogP contribution in [-0.2, 0) is 9.84 Å². The number of sulfone groups is 1. The van der Waals surface area contributed by atoms with E-state index in [2.05, 4.69) is 15.6 Å². The van der Waals surface area contributed by atoms with E-state index in [-0.39, 0.29) is 11.3 Å². The molecule has 4 atom stereocenters. The summed E-state index contributed by atoms with van der Waals surface area (Å²) >= 11 is 1.51. The van der Waals surface area contributed by atoms with Crippen LogP contribution in [0.4, 0.5) is 11.8 Å². The summed E-state index contributed by atoms with van der Waals surface area (Å²) in [5, 5.41) is 29.9. The van der Waals surface area contributed by atoms with E-state index >= 15 is 0 Å². The number of pyridine rings is 1. The molecule has 2 saturated carbocycles. The predicted octanol–water partition coefficient (Wildman–Crippen LogP) is 4.36. The molecule has 42 heavy (non-hydrogen) atoms. The van der Waals surface area contributed by atoms with Gasteiger partial charge in [0.15, 0.2) is 9.84 Å². The molecule has 0 amide bonds. The summed E-state index contributed by atoms with van der Waals surface area (Å²) in [6.45, 7) is 7.84. The van der Waals surface area contributed by atoms with Crippen LogP contribution in [0.1, 0.15) is 44.5 Å². The van der Waals surface area contributed by atoms with E-state index in [1.165, 1.54) is 24.2 Å². The summed E-state index contributed by atoms with van der Waals surface area (Å²) in [6, 6.07) is 9.52. The minimum Gasteiger partial charge on any atom is -0.390 e. The van der Waals surface area contributed by atoms with Gasteiger partial charge in [0.05, 0.1) is 43.4 Å². The SMILES string of the molecule is Cc1nc(NCC2CC2)nc(N[C@@H]2C[C@H](C(C)(C)S(=O)(=O)c3ccccc3)[C@@H](O)[C@H]2O)c1-c1nc2c(C)nccc2s1. The van der Waals surface area contributed by atoms with Crippen molar-refractivity contribution in [2.75, 3.05) is 17.2 Å². The van der Waals surface area contributed by atoms with Gasteiger partial charge in [0, 0.05) is 18.7 Å². The Bertz CT molecular complexity index is 1720. The lowest BCUT2D eigenvalue weighted by atomic mass is 9.91. The van der Waals surface area contributed by atoms with E-state index in [0.29, 0.717) is 33.9 Å². The molecule has 2 aliphatic rings. The normalized spacial score (nSPS) is 22.9. The lowest BCUT2D eigenvalue weighted by Gasteiger charge is -2.33. The molecule has 10 nitrogen and oxygen atoms in total. The van der Waals surface area contributed by atoms with Crippen molar-refractivity contribution in [3.8, 4) is 10.6 Å². The number of anilines is 2. The topological polar surface area (TPSA) is 150 Å². The average Bonchev–Trinajstić information content (AvgIpc) is 3.62. The summed E-state index contributed by atoms with van der Waals surface area (Å²) in [6.07, 6.45) is 1.87. The van der Waals surface area contributed by atoms with Crippen LogP contribution in [0.25, 0.3) is 20.8 Å². The summed E-state index contributed by atoms with van der Waals surface area (Å²) in [4.78, 5) is 19.0. The quantitative estimate of drug-likeness (QED) is 0.216. The molecule has 0 radical (unpaired) electrons. The highest BCUT2D eigenvalue weighted by molar-refractivity contribution is 7.92. The first-order chi connectivity index (χ1) is 20.0. The first-order valence-electron chi connectivity index (χ1n) is 14.2. The van der Waals surface area contributed by atoms with Gasteiger partial charge >= 0.3 is 0 Å². The van der Waals surface area contributed by atoms with Gasteiger partial charge in [0.2, 0.25) is 5.95 Å². The molecular formula is C30H36N6O4S2. The van der Waals surface area contributed by atoms with Crippen molar-refractivity contribution in [1.29, 1.82) is 0 Å². The zero-order valence-electron chi connectivity index (χ0n) is 24.1. The Morgan fingerprint density at radius 3 is 2.43 bits per heavy atom. The zero-order chi connectivity index (χ0) is 29.8. The maximum atomic E-state index is 13.7. The molecule has 2 aliphatic carbocycles. The third kappa shape index (κ3) is 5.14. The van der Waals surface area contributed by atoms with Crippen LogP contribution < -0.4 is 10.6 Å². The van der Waals surface area contributed by atoms with E-state index in [9.17, 15) is 18.6 Å². The van der Waals surface area contributed by atoms with Gasteiger partial charge in [0.1, 0.15) is 22.4 Å². The highest BCUT2D eigenvalue weighted by atomic mass is 32.2. The summed E-state index contributed by atoms with van der Waals surface area (Å²) in [7, 11) is -3.82. The Hall–Kier alpha value is -3.19. The molecule has 0 spiro atoms. The number of benzene rings is 1.